The Hall–Kier alpha value is -2.73. The molecule has 2 aromatic carbocycles. The maximum absolute atomic E-state index is 12.9. The number of benzene rings is 2. The van der Waals surface area contributed by atoms with Crippen molar-refractivity contribution in [2.24, 2.45) is 0 Å². The Morgan fingerprint density at radius 3 is 2.32 bits per heavy atom. The van der Waals surface area contributed by atoms with Crippen molar-refractivity contribution in [1.82, 2.24) is 10.2 Å². The highest BCUT2D eigenvalue weighted by molar-refractivity contribution is 5.79. The second kappa shape index (κ2) is 9.54. The van der Waals surface area contributed by atoms with Crippen LogP contribution in [0.5, 0.6) is 0 Å². The summed E-state index contributed by atoms with van der Waals surface area (Å²) in [6, 6.07) is 15.5. The topological polar surface area (TPSA) is 58.6 Å². The van der Waals surface area contributed by atoms with Gasteiger partial charge in [-0.2, -0.15) is 0 Å². The molecule has 2 aromatic rings. The monoisotopic (exact) mass is 344 g/mol. The number of hydrogen-bond donors (Lipinski definition) is 1. The van der Waals surface area contributed by atoms with Gasteiger partial charge in [-0.3, -0.25) is 14.5 Å². The summed E-state index contributed by atoms with van der Waals surface area (Å²) >= 11 is 0. The lowest BCUT2D eigenvalue weighted by molar-refractivity contribution is -0.142. The second-order valence-corrected chi connectivity index (χ2v) is 5.61. The number of carbonyl (C=O) groups is 2. The Kier molecular flexibility index (Phi) is 7.10. The summed E-state index contributed by atoms with van der Waals surface area (Å²) in [4.78, 5) is 25.5. The van der Waals surface area contributed by atoms with E-state index >= 15 is 0 Å². The molecule has 0 saturated carbocycles. The summed E-state index contributed by atoms with van der Waals surface area (Å²) < 4.78 is 17.6. The van der Waals surface area contributed by atoms with Crippen LogP contribution in [0.3, 0.4) is 0 Å². The van der Waals surface area contributed by atoms with Crippen LogP contribution in [-0.2, 0) is 27.4 Å². The van der Waals surface area contributed by atoms with Gasteiger partial charge in [-0.15, -0.1) is 0 Å². The van der Waals surface area contributed by atoms with E-state index in [1.54, 1.807) is 17.0 Å². The summed E-state index contributed by atoms with van der Waals surface area (Å²) in [5.74, 6) is -0.936. The highest BCUT2D eigenvalue weighted by Gasteiger charge is 2.15. The van der Waals surface area contributed by atoms with Crippen molar-refractivity contribution in [2.75, 3.05) is 20.2 Å². The van der Waals surface area contributed by atoms with Crippen molar-refractivity contribution < 1.29 is 18.7 Å². The van der Waals surface area contributed by atoms with Crippen molar-refractivity contribution in [2.45, 2.75) is 13.1 Å². The van der Waals surface area contributed by atoms with Crippen LogP contribution in [0, 0.1) is 5.82 Å². The van der Waals surface area contributed by atoms with E-state index < -0.39 is 5.97 Å². The molecule has 0 heterocycles. The Balaban J connectivity index is 1.91. The van der Waals surface area contributed by atoms with E-state index in [1.165, 1.54) is 19.2 Å². The molecule has 0 aromatic heterocycles. The quantitative estimate of drug-likeness (QED) is 0.745. The highest BCUT2D eigenvalue weighted by Crippen LogP contribution is 2.05. The molecular formula is C19H21FN2O3. The van der Waals surface area contributed by atoms with Crippen LogP contribution in [0.15, 0.2) is 54.6 Å². The van der Waals surface area contributed by atoms with E-state index in [1.807, 2.05) is 30.3 Å². The molecule has 0 fully saturated rings. The zero-order chi connectivity index (χ0) is 18.1. The molecule has 0 atom stereocenters. The second-order valence-electron chi connectivity index (χ2n) is 5.61. The molecule has 132 valence electrons. The molecule has 0 saturated heterocycles. The van der Waals surface area contributed by atoms with Crippen LogP contribution in [-0.4, -0.2) is 37.0 Å². The zero-order valence-corrected chi connectivity index (χ0v) is 14.1. The summed E-state index contributed by atoms with van der Waals surface area (Å²) in [5, 5.41) is 2.77. The third kappa shape index (κ3) is 6.73. The summed E-state index contributed by atoms with van der Waals surface area (Å²) in [6.07, 6.45) is 0. The van der Waals surface area contributed by atoms with E-state index in [-0.39, 0.29) is 24.8 Å². The number of nitrogens with one attached hydrogen (secondary N) is 1. The fraction of sp³-hybridized carbons (Fsp3) is 0.263. The van der Waals surface area contributed by atoms with Gasteiger partial charge in [-0.1, -0.05) is 42.5 Å². The fourth-order valence-electron chi connectivity index (χ4n) is 2.32. The van der Waals surface area contributed by atoms with E-state index in [0.717, 1.165) is 11.1 Å². The maximum Gasteiger partial charge on any atom is 0.319 e. The summed E-state index contributed by atoms with van der Waals surface area (Å²) in [5.41, 5.74) is 1.80. The summed E-state index contributed by atoms with van der Waals surface area (Å²) in [6.45, 7) is 0.844. The first-order valence-electron chi connectivity index (χ1n) is 7.91. The number of esters is 1. The Morgan fingerprint density at radius 1 is 1.00 bits per heavy atom. The average molecular weight is 344 g/mol. The van der Waals surface area contributed by atoms with Crippen molar-refractivity contribution in [3.8, 4) is 0 Å². The molecule has 0 aliphatic heterocycles. The van der Waals surface area contributed by atoms with Gasteiger partial charge in [0.1, 0.15) is 5.82 Å². The zero-order valence-electron chi connectivity index (χ0n) is 14.1. The minimum Gasteiger partial charge on any atom is -0.468 e. The van der Waals surface area contributed by atoms with Crippen LogP contribution in [0.2, 0.25) is 0 Å². The van der Waals surface area contributed by atoms with Crippen LogP contribution in [0.4, 0.5) is 4.39 Å². The van der Waals surface area contributed by atoms with Gasteiger partial charge in [0, 0.05) is 13.1 Å². The van der Waals surface area contributed by atoms with Gasteiger partial charge in [0.2, 0.25) is 5.91 Å². The Bertz CT molecular complexity index is 690. The predicted octanol–water partition coefficient (Wildman–Crippen LogP) is 2.12. The Labute approximate surface area is 146 Å². The molecule has 0 unspecified atom stereocenters. The SMILES string of the molecule is COC(=O)CN(CC(=O)NCc1ccc(F)cc1)Cc1ccccc1. The van der Waals surface area contributed by atoms with Crippen molar-refractivity contribution >= 4 is 11.9 Å². The van der Waals surface area contributed by atoms with E-state index in [9.17, 15) is 14.0 Å². The minimum absolute atomic E-state index is 0.0232. The molecule has 1 amide bonds. The normalized spacial score (nSPS) is 10.5. The van der Waals surface area contributed by atoms with E-state index in [4.69, 9.17) is 4.74 Å². The molecule has 0 aliphatic rings. The van der Waals surface area contributed by atoms with Crippen LogP contribution in [0.1, 0.15) is 11.1 Å². The maximum atomic E-state index is 12.9. The number of nitrogens with zero attached hydrogens (tertiary/aromatic N) is 1. The first-order chi connectivity index (χ1) is 12.1. The molecule has 6 heteroatoms. The third-order valence-corrected chi connectivity index (χ3v) is 3.60. The van der Waals surface area contributed by atoms with Gasteiger partial charge in [-0.05, 0) is 23.3 Å². The van der Waals surface area contributed by atoms with Gasteiger partial charge in [0.15, 0.2) is 0 Å². The van der Waals surface area contributed by atoms with Gasteiger partial charge >= 0.3 is 5.97 Å². The van der Waals surface area contributed by atoms with E-state index in [0.29, 0.717) is 13.1 Å². The highest BCUT2D eigenvalue weighted by atomic mass is 19.1. The standard InChI is InChI=1S/C19H21FN2O3/c1-25-19(24)14-22(12-16-5-3-2-4-6-16)13-18(23)21-11-15-7-9-17(20)10-8-15/h2-10H,11-14H2,1H3,(H,21,23). The van der Waals surface area contributed by atoms with Crippen molar-refractivity contribution in [3.63, 3.8) is 0 Å². The molecular weight excluding hydrogens is 323 g/mol. The average Bonchev–Trinajstić information content (AvgIpc) is 2.62. The third-order valence-electron chi connectivity index (χ3n) is 3.60. The predicted molar refractivity (Wildman–Crippen MR) is 92.0 cm³/mol. The number of carbonyl (C=O) groups excluding carboxylic acids is 2. The number of hydrogen-bond acceptors (Lipinski definition) is 4. The number of methoxy groups -OCH3 is 1. The lowest BCUT2D eigenvalue weighted by atomic mass is 10.2. The van der Waals surface area contributed by atoms with Crippen molar-refractivity contribution in [1.29, 1.82) is 0 Å². The molecule has 5 nitrogen and oxygen atoms in total. The summed E-state index contributed by atoms with van der Waals surface area (Å²) in [7, 11) is 1.32. The lowest BCUT2D eigenvalue weighted by Gasteiger charge is -2.20. The minimum atomic E-state index is -0.401. The number of amides is 1. The molecule has 2 rings (SSSR count). The van der Waals surface area contributed by atoms with Crippen molar-refractivity contribution in [3.05, 3.63) is 71.5 Å². The molecule has 25 heavy (non-hydrogen) atoms. The molecule has 0 spiro atoms. The van der Waals surface area contributed by atoms with Crippen LogP contribution < -0.4 is 5.32 Å². The van der Waals surface area contributed by atoms with Crippen LogP contribution in [0.25, 0.3) is 0 Å². The first kappa shape index (κ1) is 18.6. The lowest BCUT2D eigenvalue weighted by Crippen LogP contribution is -2.39. The van der Waals surface area contributed by atoms with Gasteiger partial charge < -0.3 is 10.1 Å². The largest absolute Gasteiger partial charge is 0.468 e. The molecule has 0 aliphatic carbocycles. The van der Waals surface area contributed by atoms with Gasteiger partial charge in [-0.25, -0.2) is 4.39 Å². The number of halogens is 1. The Morgan fingerprint density at radius 2 is 1.68 bits per heavy atom. The fourth-order valence-corrected chi connectivity index (χ4v) is 2.32. The van der Waals surface area contributed by atoms with E-state index in [2.05, 4.69) is 5.32 Å². The number of ether oxygens (including phenoxy) is 1. The molecule has 1 N–H and O–H groups in total. The molecule has 0 bridgehead atoms. The first-order valence-corrected chi connectivity index (χ1v) is 7.91. The van der Waals surface area contributed by atoms with Gasteiger partial charge in [0.05, 0.1) is 20.2 Å². The smallest absolute Gasteiger partial charge is 0.319 e. The van der Waals surface area contributed by atoms with Crippen LogP contribution >= 0.6 is 0 Å². The number of rotatable bonds is 8. The van der Waals surface area contributed by atoms with Gasteiger partial charge in [0.25, 0.3) is 0 Å². The molecule has 0 radical (unpaired) electrons.